The minimum absolute atomic E-state index is 0.903. The third-order valence-electron chi connectivity index (χ3n) is 5.07. The molecule has 1 aliphatic rings. The van der Waals surface area contributed by atoms with Crippen molar-refractivity contribution in [3.05, 3.63) is 108 Å². The molecule has 3 aromatic carbocycles. The van der Waals surface area contributed by atoms with Gasteiger partial charge in [0.1, 0.15) is 0 Å². The summed E-state index contributed by atoms with van der Waals surface area (Å²) in [5.74, 6) is 0. The van der Waals surface area contributed by atoms with Crippen molar-refractivity contribution in [1.82, 2.24) is 15.1 Å². The lowest BCUT2D eigenvalue weighted by Gasteiger charge is -2.46. The highest BCUT2D eigenvalue weighted by Gasteiger charge is 2.27. The van der Waals surface area contributed by atoms with E-state index in [1.54, 1.807) is 0 Å². The summed E-state index contributed by atoms with van der Waals surface area (Å²) in [7, 11) is 0. The Bertz CT molecular complexity index is 755. The Hall–Kier alpha value is -2.46. The normalized spacial score (nSPS) is 16.4. The Labute approximate surface area is 162 Å². The molecule has 0 bridgehead atoms. The van der Waals surface area contributed by atoms with Crippen LogP contribution in [0.5, 0.6) is 0 Å². The van der Waals surface area contributed by atoms with Crippen LogP contribution in [0, 0.1) is 0 Å². The van der Waals surface area contributed by atoms with Crippen LogP contribution in [-0.4, -0.2) is 28.2 Å². The Morgan fingerprint density at radius 1 is 0.481 bits per heavy atom. The summed E-state index contributed by atoms with van der Waals surface area (Å²) in [6.07, 6.45) is 1.19. The van der Waals surface area contributed by atoms with Gasteiger partial charge in [0.05, 0.1) is 6.54 Å². The van der Waals surface area contributed by atoms with Gasteiger partial charge in [0.25, 0.3) is 0 Å². The van der Waals surface area contributed by atoms with Crippen molar-refractivity contribution in [2.45, 2.75) is 26.1 Å². The van der Waals surface area contributed by atoms with Crippen molar-refractivity contribution in [1.29, 1.82) is 0 Å². The van der Waals surface area contributed by atoms with E-state index in [1.807, 2.05) is 0 Å². The topological polar surface area (TPSA) is 9.72 Å². The second kappa shape index (κ2) is 8.96. The van der Waals surface area contributed by atoms with Gasteiger partial charge in [-0.25, -0.2) is 10.0 Å². The molecule has 0 saturated carbocycles. The number of rotatable bonds is 6. The zero-order chi connectivity index (χ0) is 18.3. The minimum atomic E-state index is 0.903. The molecule has 138 valence electrons. The molecule has 3 heteroatoms. The lowest BCUT2D eigenvalue weighted by molar-refractivity contribution is -0.227. The molecule has 1 heterocycles. The molecule has 27 heavy (non-hydrogen) atoms. The molecule has 1 saturated heterocycles. The van der Waals surface area contributed by atoms with Gasteiger partial charge >= 0.3 is 0 Å². The van der Waals surface area contributed by atoms with Crippen molar-refractivity contribution in [2.75, 3.05) is 13.1 Å². The number of nitrogens with zero attached hydrogens (tertiary/aromatic N) is 3. The predicted octanol–water partition coefficient (Wildman–Crippen LogP) is 4.73. The number of benzene rings is 3. The van der Waals surface area contributed by atoms with Gasteiger partial charge in [0, 0.05) is 26.2 Å². The maximum absolute atomic E-state index is 2.49. The Morgan fingerprint density at radius 2 is 0.852 bits per heavy atom. The van der Waals surface area contributed by atoms with E-state index < -0.39 is 0 Å². The fraction of sp³-hybridized carbons (Fsp3) is 0.250. The van der Waals surface area contributed by atoms with Crippen molar-refractivity contribution in [2.24, 2.45) is 0 Å². The molecule has 4 rings (SSSR count). The van der Waals surface area contributed by atoms with Crippen molar-refractivity contribution in [3.63, 3.8) is 0 Å². The highest BCUT2D eigenvalue weighted by Crippen LogP contribution is 2.21. The molecule has 3 nitrogen and oxygen atoms in total. The molecule has 0 aliphatic carbocycles. The van der Waals surface area contributed by atoms with Gasteiger partial charge < -0.3 is 0 Å². The fourth-order valence-corrected chi connectivity index (χ4v) is 3.70. The third-order valence-corrected chi connectivity index (χ3v) is 5.07. The first-order valence-electron chi connectivity index (χ1n) is 9.77. The van der Waals surface area contributed by atoms with Crippen LogP contribution in [0.2, 0.25) is 0 Å². The summed E-state index contributed by atoms with van der Waals surface area (Å²) >= 11 is 0. The average molecular weight is 358 g/mol. The van der Waals surface area contributed by atoms with Crippen molar-refractivity contribution < 1.29 is 0 Å². The molecule has 0 radical (unpaired) electrons. The molecule has 3 aromatic rings. The fourth-order valence-electron chi connectivity index (χ4n) is 3.70. The Kier molecular flexibility index (Phi) is 5.95. The van der Waals surface area contributed by atoms with Crippen molar-refractivity contribution >= 4 is 0 Å². The second-order valence-corrected chi connectivity index (χ2v) is 7.12. The van der Waals surface area contributed by atoms with Gasteiger partial charge in [-0.2, -0.15) is 5.12 Å². The van der Waals surface area contributed by atoms with Crippen LogP contribution < -0.4 is 0 Å². The van der Waals surface area contributed by atoms with E-state index in [0.29, 0.717) is 0 Å². The summed E-state index contributed by atoms with van der Waals surface area (Å²) in [6.45, 7) is 4.97. The highest BCUT2D eigenvalue weighted by atomic mass is 15.9. The number of hydrogen-bond acceptors (Lipinski definition) is 3. The molecule has 0 aromatic heterocycles. The van der Waals surface area contributed by atoms with E-state index in [2.05, 4.69) is 106 Å². The van der Waals surface area contributed by atoms with Gasteiger partial charge in [-0.05, 0) is 23.1 Å². The van der Waals surface area contributed by atoms with E-state index in [-0.39, 0.29) is 0 Å². The number of hydrogen-bond donors (Lipinski definition) is 0. The van der Waals surface area contributed by atoms with E-state index in [4.69, 9.17) is 0 Å². The van der Waals surface area contributed by atoms with E-state index in [0.717, 1.165) is 32.7 Å². The maximum atomic E-state index is 2.49. The third kappa shape index (κ3) is 4.83. The van der Waals surface area contributed by atoms with Crippen LogP contribution in [0.1, 0.15) is 23.1 Å². The molecular formula is C24H27N3. The molecule has 1 aliphatic heterocycles. The molecule has 0 spiro atoms. The summed E-state index contributed by atoms with van der Waals surface area (Å²) < 4.78 is 0. The minimum Gasteiger partial charge on any atom is -0.223 e. The molecule has 1 fully saturated rings. The van der Waals surface area contributed by atoms with Gasteiger partial charge in [0.15, 0.2) is 0 Å². The summed E-state index contributed by atoms with van der Waals surface area (Å²) in [5.41, 5.74) is 4.06. The Balaban J connectivity index is 1.56. The maximum Gasteiger partial charge on any atom is 0.0543 e. The van der Waals surface area contributed by atoms with E-state index in [9.17, 15) is 0 Å². The monoisotopic (exact) mass is 357 g/mol. The first-order chi connectivity index (χ1) is 13.4. The molecule has 0 N–H and O–H groups in total. The summed E-state index contributed by atoms with van der Waals surface area (Å²) in [5, 5.41) is 7.45. The van der Waals surface area contributed by atoms with Gasteiger partial charge in [-0.1, -0.05) is 91.0 Å². The van der Waals surface area contributed by atoms with E-state index >= 15 is 0 Å². The standard InChI is InChI=1S/C24H27N3/c1-4-11-22(12-5-1)19-25-17-10-18-26(20-23-13-6-2-7-14-23)27(25)21-24-15-8-3-9-16-24/h1-9,11-16H,10,17-21H2. The molecule has 0 amide bonds. The SMILES string of the molecule is c1ccc(CN2CCCN(Cc3ccccc3)N2Cc2ccccc2)cc1. The summed E-state index contributed by atoms with van der Waals surface area (Å²) in [6, 6.07) is 32.3. The van der Waals surface area contributed by atoms with Gasteiger partial charge in [0.2, 0.25) is 0 Å². The molecular weight excluding hydrogens is 330 g/mol. The van der Waals surface area contributed by atoms with Gasteiger partial charge in [-0.3, -0.25) is 0 Å². The van der Waals surface area contributed by atoms with Crippen LogP contribution in [0.3, 0.4) is 0 Å². The number of hydrazine groups is 2. The van der Waals surface area contributed by atoms with Crippen LogP contribution >= 0.6 is 0 Å². The van der Waals surface area contributed by atoms with Gasteiger partial charge in [-0.15, -0.1) is 0 Å². The zero-order valence-corrected chi connectivity index (χ0v) is 15.7. The molecule has 0 atom stereocenters. The quantitative estimate of drug-likeness (QED) is 0.632. The van der Waals surface area contributed by atoms with Crippen LogP contribution in [-0.2, 0) is 19.6 Å². The lowest BCUT2D eigenvalue weighted by atomic mass is 10.2. The largest absolute Gasteiger partial charge is 0.223 e. The lowest BCUT2D eigenvalue weighted by Crippen LogP contribution is -2.56. The van der Waals surface area contributed by atoms with Crippen LogP contribution in [0.15, 0.2) is 91.0 Å². The summed E-state index contributed by atoms with van der Waals surface area (Å²) in [4.78, 5) is 0. The smallest absolute Gasteiger partial charge is 0.0543 e. The van der Waals surface area contributed by atoms with Crippen LogP contribution in [0.25, 0.3) is 0 Å². The molecule has 0 unspecified atom stereocenters. The predicted molar refractivity (Wildman–Crippen MR) is 110 cm³/mol. The zero-order valence-electron chi connectivity index (χ0n) is 15.7. The first-order valence-corrected chi connectivity index (χ1v) is 9.77. The first kappa shape index (κ1) is 17.9. The van der Waals surface area contributed by atoms with Crippen molar-refractivity contribution in [3.8, 4) is 0 Å². The van der Waals surface area contributed by atoms with Crippen LogP contribution in [0.4, 0.5) is 0 Å². The second-order valence-electron chi connectivity index (χ2n) is 7.12. The average Bonchev–Trinajstić information content (AvgIpc) is 2.73. The Morgan fingerprint density at radius 3 is 1.26 bits per heavy atom. The van der Waals surface area contributed by atoms with E-state index in [1.165, 1.54) is 23.1 Å². The highest BCUT2D eigenvalue weighted by molar-refractivity contribution is 5.17.